The summed E-state index contributed by atoms with van der Waals surface area (Å²) >= 11 is 0. The molecular weight excluding hydrogens is 280 g/mol. The molecule has 3 rings (SSSR count). The number of likely N-dealkylation sites (tertiary alicyclic amines) is 1. The summed E-state index contributed by atoms with van der Waals surface area (Å²) in [6, 6.07) is 6.74. The Bertz CT molecular complexity index is 696. The van der Waals surface area contributed by atoms with Gasteiger partial charge >= 0.3 is 5.97 Å². The Kier molecular flexibility index (Phi) is 3.01. The van der Waals surface area contributed by atoms with Gasteiger partial charge in [0.05, 0.1) is 0 Å². The molecule has 0 radical (unpaired) electrons. The molecule has 1 aromatic rings. The van der Waals surface area contributed by atoms with E-state index in [0.717, 1.165) is 6.42 Å². The van der Waals surface area contributed by atoms with Crippen molar-refractivity contribution in [1.29, 1.82) is 0 Å². The maximum absolute atomic E-state index is 12.0. The number of carboxylic acids is 1. The van der Waals surface area contributed by atoms with Crippen LogP contribution in [0.3, 0.4) is 0 Å². The first-order chi connectivity index (χ1) is 9.47. The van der Waals surface area contributed by atoms with Gasteiger partial charge in [-0.25, -0.2) is 0 Å². The summed E-state index contributed by atoms with van der Waals surface area (Å²) in [6.45, 7) is 1.18. The average molecular weight is 294 g/mol. The van der Waals surface area contributed by atoms with Crippen LogP contribution in [0.4, 0.5) is 0 Å². The minimum Gasteiger partial charge on any atom is -0.481 e. The lowest BCUT2D eigenvalue weighted by Gasteiger charge is -2.17. The number of aliphatic carboxylic acids is 1. The predicted molar refractivity (Wildman–Crippen MR) is 72.1 cm³/mol. The molecule has 7 heteroatoms. The van der Waals surface area contributed by atoms with Gasteiger partial charge in [-0.2, -0.15) is 8.42 Å². The first-order valence-electron chi connectivity index (χ1n) is 6.38. The van der Waals surface area contributed by atoms with E-state index in [9.17, 15) is 13.2 Å². The number of amidine groups is 1. The molecule has 1 unspecified atom stereocenters. The minimum atomic E-state index is -3.60. The molecule has 2 aliphatic rings. The average Bonchev–Trinajstić information content (AvgIpc) is 2.93. The predicted octanol–water partition coefficient (Wildman–Crippen LogP) is 0.932. The van der Waals surface area contributed by atoms with E-state index in [4.69, 9.17) is 5.11 Å². The van der Waals surface area contributed by atoms with Crippen LogP contribution in [0.5, 0.6) is 0 Å². The molecule has 0 aliphatic carbocycles. The van der Waals surface area contributed by atoms with Crippen molar-refractivity contribution in [2.45, 2.75) is 17.7 Å². The number of sulfonamides is 1. The van der Waals surface area contributed by atoms with E-state index in [1.54, 1.807) is 24.3 Å². The van der Waals surface area contributed by atoms with Gasteiger partial charge in [-0.05, 0) is 24.5 Å². The highest BCUT2D eigenvalue weighted by Gasteiger charge is 2.35. The molecule has 0 saturated carbocycles. The van der Waals surface area contributed by atoms with Crippen molar-refractivity contribution in [3.8, 4) is 0 Å². The van der Waals surface area contributed by atoms with E-state index in [2.05, 4.69) is 4.40 Å². The monoisotopic (exact) mass is 294 g/mol. The minimum absolute atomic E-state index is 0.0469. The van der Waals surface area contributed by atoms with Crippen molar-refractivity contribution in [3.63, 3.8) is 0 Å². The van der Waals surface area contributed by atoms with Crippen molar-refractivity contribution in [3.05, 3.63) is 29.8 Å². The second-order valence-electron chi connectivity index (χ2n) is 5.08. The fraction of sp³-hybridized carbons (Fsp3) is 0.385. The largest absolute Gasteiger partial charge is 0.481 e. The molecule has 0 aromatic heterocycles. The Labute approximate surface area is 116 Å². The van der Waals surface area contributed by atoms with Gasteiger partial charge in [-0.3, -0.25) is 4.79 Å². The molecule has 106 valence electrons. The fourth-order valence-corrected chi connectivity index (χ4v) is 3.98. The second-order valence-corrected chi connectivity index (χ2v) is 6.66. The van der Waals surface area contributed by atoms with Crippen molar-refractivity contribution in [2.24, 2.45) is 10.3 Å². The number of hydrogen-bond acceptors (Lipinski definition) is 4. The van der Waals surface area contributed by atoms with Gasteiger partial charge in [0, 0.05) is 25.1 Å². The second kappa shape index (κ2) is 4.59. The standard InChI is InChI=1S/C13H14N2O4S/c16-12(17)7-9-5-6-15(8-9)13-10-3-1-2-4-11(10)20(18,19)14-13/h1-4,9H,5-8H2,(H,16,17). The molecule has 1 atom stereocenters. The van der Waals surface area contributed by atoms with Crippen LogP contribution in [0.2, 0.25) is 0 Å². The Balaban J connectivity index is 1.88. The number of rotatable bonds is 2. The highest BCUT2D eigenvalue weighted by molar-refractivity contribution is 7.90. The van der Waals surface area contributed by atoms with E-state index in [1.165, 1.54) is 0 Å². The van der Waals surface area contributed by atoms with Crippen LogP contribution >= 0.6 is 0 Å². The van der Waals surface area contributed by atoms with Crippen molar-refractivity contribution >= 4 is 21.8 Å². The highest BCUT2D eigenvalue weighted by atomic mass is 32.2. The first-order valence-corrected chi connectivity index (χ1v) is 7.82. The van der Waals surface area contributed by atoms with Crippen molar-refractivity contribution in [1.82, 2.24) is 4.90 Å². The number of benzene rings is 1. The smallest absolute Gasteiger partial charge is 0.303 e. The van der Waals surface area contributed by atoms with E-state index in [1.807, 2.05) is 4.90 Å². The van der Waals surface area contributed by atoms with E-state index in [-0.39, 0.29) is 17.2 Å². The van der Waals surface area contributed by atoms with Gasteiger partial charge in [0.25, 0.3) is 10.0 Å². The molecule has 1 aromatic carbocycles. The Hall–Kier alpha value is -1.89. The zero-order chi connectivity index (χ0) is 14.3. The third-order valence-electron chi connectivity index (χ3n) is 3.66. The fourth-order valence-electron chi connectivity index (χ4n) is 2.76. The van der Waals surface area contributed by atoms with Gasteiger partial charge in [-0.1, -0.05) is 12.1 Å². The van der Waals surface area contributed by atoms with Crippen LogP contribution in [0.15, 0.2) is 33.6 Å². The van der Waals surface area contributed by atoms with Gasteiger partial charge in [0.2, 0.25) is 0 Å². The van der Waals surface area contributed by atoms with E-state index >= 15 is 0 Å². The quantitative estimate of drug-likeness (QED) is 0.877. The molecule has 1 saturated heterocycles. The summed E-state index contributed by atoms with van der Waals surface area (Å²) in [7, 11) is -3.60. The summed E-state index contributed by atoms with van der Waals surface area (Å²) in [6.07, 6.45) is 0.853. The van der Waals surface area contributed by atoms with Crippen LogP contribution < -0.4 is 0 Å². The molecule has 6 nitrogen and oxygen atoms in total. The summed E-state index contributed by atoms with van der Waals surface area (Å²) in [5.41, 5.74) is 0.614. The topological polar surface area (TPSA) is 87.0 Å². The van der Waals surface area contributed by atoms with Crippen LogP contribution in [0.1, 0.15) is 18.4 Å². The Morgan fingerprint density at radius 1 is 1.40 bits per heavy atom. The SMILES string of the molecule is O=C(O)CC1CCN(C2=NS(=O)(=O)c3ccccc32)C1. The lowest BCUT2D eigenvalue weighted by molar-refractivity contribution is -0.137. The maximum atomic E-state index is 12.0. The number of nitrogens with zero attached hydrogens (tertiary/aromatic N) is 2. The van der Waals surface area contributed by atoms with Crippen LogP contribution in [-0.2, 0) is 14.8 Å². The summed E-state index contributed by atoms with van der Waals surface area (Å²) in [5, 5.41) is 8.82. The van der Waals surface area contributed by atoms with Gasteiger partial charge in [0.15, 0.2) is 5.84 Å². The third kappa shape index (κ3) is 2.18. The maximum Gasteiger partial charge on any atom is 0.303 e. The van der Waals surface area contributed by atoms with Gasteiger partial charge in [-0.15, -0.1) is 4.40 Å². The van der Waals surface area contributed by atoms with Crippen LogP contribution in [0, 0.1) is 5.92 Å². The lowest BCUT2D eigenvalue weighted by Crippen LogP contribution is -2.28. The van der Waals surface area contributed by atoms with Crippen LogP contribution in [0.25, 0.3) is 0 Å². The molecule has 1 fully saturated rings. The highest BCUT2D eigenvalue weighted by Crippen LogP contribution is 2.30. The van der Waals surface area contributed by atoms with Crippen molar-refractivity contribution < 1.29 is 18.3 Å². The number of fused-ring (bicyclic) bond motifs is 1. The van der Waals surface area contributed by atoms with Crippen molar-refractivity contribution in [2.75, 3.05) is 13.1 Å². The molecule has 0 spiro atoms. The molecule has 0 amide bonds. The summed E-state index contributed by atoms with van der Waals surface area (Å²) < 4.78 is 27.8. The molecule has 1 N–H and O–H groups in total. The summed E-state index contributed by atoms with van der Waals surface area (Å²) in [4.78, 5) is 12.8. The molecular formula is C13H14N2O4S. The zero-order valence-corrected chi connectivity index (χ0v) is 11.5. The first kappa shape index (κ1) is 13.1. The molecule has 0 bridgehead atoms. The zero-order valence-electron chi connectivity index (χ0n) is 10.7. The molecule has 2 aliphatic heterocycles. The van der Waals surface area contributed by atoms with E-state index < -0.39 is 16.0 Å². The Morgan fingerprint density at radius 2 is 2.15 bits per heavy atom. The summed E-state index contributed by atoms with van der Waals surface area (Å²) in [5.74, 6) is -0.322. The number of carboxylic acid groups (broad SMARTS) is 1. The normalized spacial score (nSPS) is 23.5. The Morgan fingerprint density at radius 3 is 2.90 bits per heavy atom. The lowest BCUT2D eigenvalue weighted by atomic mass is 10.1. The van der Waals surface area contributed by atoms with E-state index in [0.29, 0.717) is 24.5 Å². The molecule has 20 heavy (non-hydrogen) atoms. The number of carbonyl (C=O) groups is 1. The third-order valence-corrected chi connectivity index (χ3v) is 4.99. The van der Waals surface area contributed by atoms with Crippen LogP contribution in [-0.4, -0.2) is 43.3 Å². The van der Waals surface area contributed by atoms with Gasteiger partial charge in [0.1, 0.15) is 4.90 Å². The number of hydrogen-bond donors (Lipinski definition) is 1. The molecule has 2 heterocycles. The van der Waals surface area contributed by atoms with Gasteiger partial charge < -0.3 is 10.0 Å².